The lowest BCUT2D eigenvalue weighted by Gasteiger charge is -2.42. The summed E-state index contributed by atoms with van der Waals surface area (Å²) in [4.78, 5) is 34.2. The largest absolute Gasteiger partial charge is 0.490 e. The minimum absolute atomic E-state index is 0.0374. The Balaban J connectivity index is 1.31. The number of carbonyl (C=O) groups excluding carboxylic acids is 1. The summed E-state index contributed by atoms with van der Waals surface area (Å²) in [6.07, 6.45) is 3.08. The van der Waals surface area contributed by atoms with Crippen LogP contribution >= 0.6 is 27.5 Å². The first-order valence-electron chi connectivity index (χ1n) is 10.3. The monoisotopic (exact) mass is 528 g/mol. The van der Waals surface area contributed by atoms with E-state index in [1.807, 2.05) is 0 Å². The van der Waals surface area contributed by atoms with Crippen molar-refractivity contribution in [3.05, 3.63) is 34.9 Å². The van der Waals surface area contributed by atoms with Crippen molar-refractivity contribution in [1.29, 1.82) is 0 Å². The summed E-state index contributed by atoms with van der Waals surface area (Å²) in [5.41, 5.74) is 3.63. The smallest absolute Gasteiger partial charge is 0.299 e. The number of aliphatic hydroxyl groups is 1. The molecule has 0 bridgehead atoms. The van der Waals surface area contributed by atoms with Crippen molar-refractivity contribution in [2.24, 2.45) is 4.99 Å². The molecule has 13 heteroatoms. The molecule has 4 heterocycles. The van der Waals surface area contributed by atoms with Crippen LogP contribution in [-0.2, 0) is 19.4 Å². The SMILES string of the molecule is O=C(Nc1cccc(N2ONC3CC(Br)CNC3O2)c1Cl)C1=C(O)N=C2CCCCN2O1. The molecule has 3 saturated heterocycles. The van der Waals surface area contributed by atoms with E-state index in [-0.39, 0.29) is 28.7 Å². The van der Waals surface area contributed by atoms with Crippen molar-refractivity contribution in [2.75, 3.05) is 23.6 Å². The van der Waals surface area contributed by atoms with Gasteiger partial charge >= 0.3 is 0 Å². The quantitative estimate of drug-likeness (QED) is 0.438. The van der Waals surface area contributed by atoms with Gasteiger partial charge in [0.2, 0.25) is 0 Å². The van der Waals surface area contributed by atoms with Gasteiger partial charge < -0.3 is 15.3 Å². The van der Waals surface area contributed by atoms with E-state index in [0.717, 1.165) is 25.8 Å². The number of benzene rings is 1. The molecule has 11 nitrogen and oxygen atoms in total. The summed E-state index contributed by atoms with van der Waals surface area (Å²) in [6, 6.07) is 4.96. The van der Waals surface area contributed by atoms with E-state index < -0.39 is 11.8 Å². The molecule has 0 aromatic heterocycles. The van der Waals surface area contributed by atoms with E-state index in [1.165, 1.54) is 10.3 Å². The molecule has 1 aromatic carbocycles. The number of nitrogens with zero attached hydrogens (tertiary/aromatic N) is 3. The predicted molar refractivity (Wildman–Crippen MR) is 120 cm³/mol. The number of hydrogen-bond acceptors (Lipinski definition) is 10. The van der Waals surface area contributed by atoms with E-state index in [4.69, 9.17) is 26.2 Å². The molecule has 0 saturated carbocycles. The molecule has 172 valence electrons. The van der Waals surface area contributed by atoms with Gasteiger partial charge in [0, 0.05) is 17.8 Å². The normalized spacial score (nSPS) is 27.8. The van der Waals surface area contributed by atoms with Crippen molar-refractivity contribution >= 4 is 50.6 Å². The summed E-state index contributed by atoms with van der Waals surface area (Å²) in [7, 11) is 0. The van der Waals surface area contributed by atoms with Gasteiger partial charge in [-0.1, -0.05) is 33.6 Å². The molecule has 3 fully saturated rings. The van der Waals surface area contributed by atoms with Crippen LogP contribution in [0.5, 0.6) is 0 Å². The number of aliphatic imine (C=N–C) groups is 1. The Morgan fingerprint density at radius 2 is 2.25 bits per heavy atom. The first-order valence-corrected chi connectivity index (χ1v) is 11.6. The summed E-state index contributed by atoms with van der Waals surface area (Å²) < 4.78 is 0. The van der Waals surface area contributed by atoms with Crippen LogP contribution in [0.15, 0.2) is 34.8 Å². The second-order valence-electron chi connectivity index (χ2n) is 7.76. The number of anilines is 2. The first kappa shape index (κ1) is 21.7. The number of amidine groups is 1. The molecule has 1 amide bonds. The van der Waals surface area contributed by atoms with Crippen molar-refractivity contribution < 1.29 is 24.5 Å². The van der Waals surface area contributed by atoms with Gasteiger partial charge in [-0.2, -0.15) is 20.5 Å². The lowest BCUT2D eigenvalue weighted by Crippen LogP contribution is -2.63. The topological polar surface area (TPSA) is 120 Å². The van der Waals surface area contributed by atoms with Gasteiger partial charge in [0.05, 0.1) is 23.3 Å². The van der Waals surface area contributed by atoms with Crippen molar-refractivity contribution in [3.8, 4) is 0 Å². The lowest BCUT2D eigenvalue weighted by molar-refractivity contribution is -0.238. The van der Waals surface area contributed by atoms with Crippen LogP contribution in [0.25, 0.3) is 0 Å². The number of halogens is 2. The van der Waals surface area contributed by atoms with Crippen molar-refractivity contribution in [1.82, 2.24) is 15.9 Å². The second kappa shape index (κ2) is 9.04. The fourth-order valence-corrected chi connectivity index (χ4v) is 4.67. The van der Waals surface area contributed by atoms with Gasteiger partial charge in [0.15, 0.2) is 6.23 Å². The van der Waals surface area contributed by atoms with Gasteiger partial charge in [0.25, 0.3) is 17.5 Å². The molecule has 0 aliphatic carbocycles. The highest BCUT2D eigenvalue weighted by Crippen LogP contribution is 2.35. The summed E-state index contributed by atoms with van der Waals surface area (Å²) >= 11 is 10.1. The third-order valence-corrected chi connectivity index (χ3v) is 6.58. The molecule has 32 heavy (non-hydrogen) atoms. The Labute approximate surface area is 197 Å². The zero-order chi connectivity index (χ0) is 22.2. The number of piperidine rings is 2. The minimum atomic E-state index is -0.675. The minimum Gasteiger partial charge on any atom is -0.490 e. The Morgan fingerprint density at radius 3 is 3.12 bits per heavy atom. The van der Waals surface area contributed by atoms with Crippen molar-refractivity contribution in [2.45, 2.75) is 42.8 Å². The third kappa shape index (κ3) is 4.26. The van der Waals surface area contributed by atoms with E-state index in [9.17, 15) is 9.90 Å². The Morgan fingerprint density at radius 1 is 1.38 bits per heavy atom. The zero-order valence-electron chi connectivity index (χ0n) is 16.9. The number of aliphatic hydroxyl groups excluding tert-OH is 1. The fourth-order valence-electron chi connectivity index (χ4n) is 3.84. The van der Waals surface area contributed by atoms with E-state index in [2.05, 4.69) is 37.0 Å². The molecular formula is C19H22BrClN6O5. The molecular weight excluding hydrogens is 508 g/mol. The third-order valence-electron chi connectivity index (χ3n) is 5.48. The molecule has 3 atom stereocenters. The van der Waals surface area contributed by atoms with Gasteiger partial charge in [0.1, 0.15) is 11.5 Å². The number of rotatable bonds is 3. The Kier molecular flexibility index (Phi) is 6.14. The number of hydrogen-bond donors (Lipinski definition) is 4. The molecule has 0 spiro atoms. The maximum absolute atomic E-state index is 12.8. The van der Waals surface area contributed by atoms with Crippen LogP contribution in [0, 0.1) is 0 Å². The standard InChI is InChI=1S/C19H22BrClN6O5/c20-10-8-12-19(22-9-10)31-27(32-25-12)13-5-3-4-11(15(13)21)23-17(28)16-18(29)24-14-6-1-2-7-26(14)30-16/h3-5,10,12,19,22,25,29H,1-2,6-9H2,(H,23,28). The lowest BCUT2D eigenvalue weighted by atomic mass is 10.1. The van der Waals surface area contributed by atoms with Crippen LogP contribution in [0.1, 0.15) is 25.7 Å². The maximum atomic E-state index is 12.8. The number of fused-ring (bicyclic) bond motifs is 2. The Bertz CT molecular complexity index is 978. The summed E-state index contributed by atoms with van der Waals surface area (Å²) in [5.74, 6) is -0.818. The highest BCUT2D eigenvalue weighted by Gasteiger charge is 2.37. The average Bonchev–Trinajstić information content (AvgIpc) is 2.79. The van der Waals surface area contributed by atoms with E-state index in [1.54, 1.807) is 18.2 Å². The number of hydroxylamine groups is 3. The molecule has 4 aliphatic rings. The van der Waals surface area contributed by atoms with Crippen LogP contribution in [0.3, 0.4) is 0 Å². The highest BCUT2D eigenvalue weighted by molar-refractivity contribution is 9.09. The van der Waals surface area contributed by atoms with Gasteiger partial charge in [-0.15, -0.1) is 5.23 Å². The number of alkyl halides is 1. The van der Waals surface area contributed by atoms with E-state index in [0.29, 0.717) is 29.3 Å². The fraction of sp³-hybridized carbons (Fsp3) is 0.474. The van der Waals surface area contributed by atoms with Crippen LogP contribution < -0.4 is 21.3 Å². The van der Waals surface area contributed by atoms with Crippen molar-refractivity contribution in [3.63, 3.8) is 0 Å². The van der Waals surface area contributed by atoms with Crippen LogP contribution in [0.4, 0.5) is 11.4 Å². The number of nitrogens with one attached hydrogen (secondary N) is 3. The van der Waals surface area contributed by atoms with Gasteiger partial charge in [-0.3, -0.25) is 10.1 Å². The number of amides is 1. The predicted octanol–water partition coefficient (Wildman–Crippen LogP) is 2.47. The summed E-state index contributed by atoms with van der Waals surface area (Å²) in [6.45, 7) is 1.35. The van der Waals surface area contributed by atoms with Gasteiger partial charge in [-0.25, -0.2) is 4.84 Å². The first-order chi connectivity index (χ1) is 15.5. The van der Waals surface area contributed by atoms with Gasteiger partial charge in [-0.05, 0) is 31.4 Å². The zero-order valence-corrected chi connectivity index (χ0v) is 19.2. The van der Waals surface area contributed by atoms with Crippen LogP contribution in [0.2, 0.25) is 5.02 Å². The Hall–Kier alpha value is -2.09. The molecule has 4 aliphatic heterocycles. The maximum Gasteiger partial charge on any atom is 0.299 e. The van der Waals surface area contributed by atoms with Crippen LogP contribution in [-0.4, -0.2) is 52.1 Å². The molecule has 1 aromatic rings. The van der Waals surface area contributed by atoms with E-state index >= 15 is 0 Å². The molecule has 4 N–H and O–H groups in total. The summed E-state index contributed by atoms with van der Waals surface area (Å²) in [5, 5.41) is 19.0. The highest BCUT2D eigenvalue weighted by atomic mass is 79.9. The molecule has 5 rings (SSSR count). The molecule has 0 radical (unpaired) electrons. The number of carbonyl (C=O) groups is 1. The average molecular weight is 530 g/mol. The molecule has 3 unspecified atom stereocenters. The second-order valence-corrected chi connectivity index (χ2v) is 9.44.